The maximum atomic E-state index is 12.1. The number of likely N-dealkylation sites (N-methyl/N-ethyl adjacent to an activating group) is 1. The molecule has 21 heavy (non-hydrogen) atoms. The fourth-order valence-corrected chi connectivity index (χ4v) is 2.93. The van der Waals surface area contributed by atoms with Gasteiger partial charge in [-0.15, -0.1) is 12.4 Å². The first kappa shape index (κ1) is 15.9. The van der Waals surface area contributed by atoms with Crippen molar-refractivity contribution in [2.75, 3.05) is 33.4 Å². The number of amides is 1. The van der Waals surface area contributed by atoms with E-state index in [1.165, 1.54) is 0 Å². The first-order valence-corrected chi connectivity index (χ1v) is 7.13. The zero-order valence-corrected chi connectivity index (χ0v) is 12.9. The number of rotatable bonds is 3. The number of nitrogens with one attached hydrogen (secondary N) is 1. The minimum Gasteiger partial charge on any atom is -0.486 e. The maximum absolute atomic E-state index is 12.1. The van der Waals surface area contributed by atoms with E-state index in [1.54, 1.807) is 7.05 Å². The number of fused-ring (bicyclic) bond motifs is 1. The second-order valence-electron chi connectivity index (χ2n) is 5.18. The molecule has 0 spiro atoms. The minimum absolute atomic E-state index is 0. The second-order valence-corrected chi connectivity index (χ2v) is 5.18. The number of carbonyl (C=O) groups excluding carboxylic acids is 1. The molecule has 1 unspecified atom stereocenters. The van der Waals surface area contributed by atoms with E-state index in [2.05, 4.69) is 5.32 Å². The molecule has 1 atom stereocenters. The summed E-state index contributed by atoms with van der Waals surface area (Å²) >= 11 is 0. The number of hydrogen-bond donors (Lipinski definition) is 1. The second kappa shape index (κ2) is 7.00. The van der Waals surface area contributed by atoms with Gasteiger partial charge in [-0.2, -0.15) is 0 Å². The van der Waals surface area contributed by atoms with Gasteiger partial charge in [0, 0.05) is 6.54 Å². The van der Waals surface area contributed by atoms with Crippen molar-refractivity contribution in [2.45, 2.75) is 18.9 Å². The predicted octanol–water partition coefficient (Wildman–Crippen LogP) is 1.76. The Morgan fingerprint density at radius 1 is 1.33 bits per heavy atom. The van der Waals surface area contributed by atoms with Gasteiger partial charge >= 0.3 is 0 Å². The fourth-order valence-electron chi connectivity index (χ4n) is 2.93. The number of hydrogen-bond acceptors (Lipinski definition) is 4. The van der Waals surface area contributed by atoms with Gasteiger partial charge in [-0.25, -0.2) is 0 Å². The lowest BCUT2D eigenvalue weighted by atomic mass is 10.0. The molecule has 0 saturated carbocycles. The Hall–Kier alpha value is -1.46. The summed E-state index contributed by atoms with van der Waals surface area (Å²) in [5, 5.41) is 2.93. The van der Waals surface area contributed by atoms with Crippen LogP contribution in [0.1, 0.15) is 24.4 Å². The number of benzene rings is 1. The molecular weight excluding hydrogens is 292 g/mol. The summed E-state index contributed by atoms with van der Waals surface area (Å²) in [5.41, 5.74) is 1.14. The molecule has 0 bridgehead atoms. The van der Waals surface area contributed by atoms with E-state index in [9.17, 15) is 4.79 Å². The van der Waals surface area contributed by atoms with Gasteiger partial charge in [0.2, 0.25) is 5.91 Å². The van der Waals surface area contributed by atoms with Crippen LogP contribution in [0.25, 0.3) is 0 Å². The minimum atomic E-state index is 0. The van der Waals surface area contributed by atoms with Crippen LogP contribution in [0.15, 0.2) is 18.2 Å². The topological polar surface area (TPSA) is 50.8 Å². The predicted molar refractivity (Wildman–Crippen MR) is 82.3 cm³/mol. The summed E-state index contributed by atoms with van der Waals surface area (Å²) in [4.78, 5) is 14.1. The zero-order valence-electron chi connectivity index (χ0n) is 12.1. The highest BCUT2D eigenvalue weighted by Crippen LogP contribution is 2.37. The van der Waals surface area contributed by atoms with Crippen LogP contribution in [0, 0.1) is 0 Å². The molecule has 1 amide bonds. The fraction of sp³-hybridized carbons (Fsp3) is 0.533. The third kappa shape index (κ3) is 3.24. The summed E-state index contributed by atoms with van der Waals surface area (Å²) in [7, 11) is 1.80. The third-order valence-corrected chi connectivity index (χ3v) is 3.85. The molecule has 2 aliphatic rings. The van der Waals surface area contributed by atoms with E-state index >= 15 is 0 Å². The normalized spacial score (nSPS) is 20.0. The molecule has 1 aromatic carbocycles. The zero-order chi connectivity index (χ0) is 13.9. The van der Waals surface area contributed by atoms with E-state index in [0.29, 0.717) is 19.8 Å². The average Bonchev–Trinajstić information content (AvgIpc) is 2.96. The van der Waals surface area contributed by atoms with E-state index in [4.69, 9.17) is 9.47 Å². The number of halogens is 1. The highest BCUT2D eigenvalue weighted by atomic mass is 35.5. The molecule has 6 heteroatoms. The summed E-state index contributed by atoms with van der Waals surface area (Å²) in [6, 6.07) is 6.17. The molecular formula is C15H21ClN2O3. The molecule has 0 aromatic heterocycles. The van der Waals surface area contributed by atoms with Crippen molar-refractivity contribution in [1.82, 2.24) is 10.2 Å². The third-order valence-electron chi connectivity index (χ3n) is 3.85. The summed E-state index contributed by atoms with van der Waals surface area (Å²) < 4.78 is 11.2. The molecule has 1 aromatic rings. The standard InChI is InChI=1S/C15H20N2O3.ClH/c1-16-10-15(18)17-6-2-3-12(17)11-4-5-13-14(9-11)20-8-7-19-13;/h4-5,9,12,16H,2-3,6-8,10H2,1H3;1H. The quantitative estimate of drug-likeness (QED) is 0.924. The molecule has 0 aliphatic carbocycles. The Morgan fingerprint density at radius 3 is 2.86 bits per heavy atom. The Balaban J connectivity index is 0.00000161. The van der Waals surface area contributed by atoms with Gasteiger partial charge in [0.05, 0.1) is 12.6 Å². The van der Waals surface area contributed by atoms with Crippen molar-refractivity contribution in [2.24, 2.45) is 0 Å². The monoisotopic (exact) mass is 312 g/mol. The SMILES string of the molecule is CNCC(=O)N1CCCC1c1ccc2c(c1)OCCO2.Cl. The van der Waals surface area contributed by atoms with Gasteiger partial charge in [-0.1, -0.05) is 6.07 Å². The molecule has 0 radical (unpaired) electrons. The largest absolute Gasteiger partial charge is 0.486 e. The lowest BCUT2D eigenvalue weighted by Crippen LogP contribution is -2.36. The van der Waals surface area contributed by atoms with Crippen LogP contribution in [-0.2, 0) is 4.79 Å². The summed E-state index contributed by atoms with van der Waals surface area (Å²) in [6.07, 6.45) is 2.06. The van der Waals surface area contributed by atoms with Crippen LogP contribution < -0.4 is 14.8 Å². The molecule has 1 saturated heterocycles. The first-order chi connectivity index (χ1) is 9.79. The number of nitrogens with zero attached hydrogens (tertiary/aromatic N) is 1. The molecule has 116 valence electrons. The van der Waals surface area contributed by atoms with Gasteiger partial charge in [-0.3, -0.25) is 4.79 Å². The van der Waals surface area contributed by atoms with Crippen molar-refractivity contribution < 1.29 is 14.3 Å². The lowest BCUT2D eigenvalue weighted by Gasteiger charge is -2.26. The molecule has 1 N–H and O–H groups in total. The molecule has 2 aliphatic heterocycles. The smallest absolute Gasteiger partial charge is 0.237 e. The van der Waals surface area contributed by atoms with Crippen molar-refractivity contribution in [3.63, 3.8) is 0 Å². The van der Waals surface area contributed by atoms with E-state index in [1.807, 2.05) is 23.1 Å². The lowest BCUT2D eigenvalue weighted by molar-refractivity contribution is -0.131. The van der Waals surface area contributed by atoms with Crippen molar-refractivity contribution in [3.8, 4) is 11.5 Å². The Bertz CT molecular complexity index is 510. The Labute approximate surface area is 131 Å². The number of likely N-dealkylation sites (tertiary alicyclic amines) is 1. The number of carbonyl (C=O) groups is 1. The maximum Gasteiger partial charge on any atom is 0.237 e. The average molecular weight is 313 g/mol. The van der Waals surface area contributed by atoms with Crippen molar-refractivity contribution in [3.05, 3.63) is 23.8 Å². The van der Waals surface area contributed by atoms with Gasteiger partial charge in [-0.05, 0) is 37.6 Å². The highest BCUT2D eigenvalue weighted by Gasteiger charge is 2.30. The molecule has 2 heterocycles. The highest BCUT2D eigenvalue weighted by molar-refractivity contribution is 5.85. The van der Waals surface area contributed by atoms with Crippen LogP contribution in [0.3, 0.4) is 0 Å². The van der Waals surface area contributed by atoms with Crippen LogP contribution in [-0.4, -0.2) is 44.2 Å². The van der Waals surface area contributed by atoms with Crippen LogP contribution in [0.4, 0.5) is 0 Å². The van der Waals surface area contributed by atoms with E-state index < -0.39 is 0 Å². The Kier molecular flexibility index (Phi) is 5.31. The summed E-state index contributed by atoms with van der Waals surface area (Å²) in [6.45, 7) is 2.41. The van der Waals surface area contributed by atoms with E-state index in [0.717, 1.165) is 36.4 Å². The molecule has 5 nitrogen and oxygen atoms in total. The Morgan fingerprint density at radius 2 is 2.10 bits per heavy atom. The van der Waals surface area contributed by atoms with Crippen LogP contribution in [0.5, 0.6) is 11.5 Å². The van der Waals surface area contributed by atoms with Gasteiger partial charge in [0.1, 0.15) is 13.2 Å². The van der Waals surface area contributed by atoms with Crippen LogP contribution >= 0.6 is 12.4 Å². The van der Waals surface area contributed by atoms with E-state index in [-0.39, 0.29) is 24.4 Å². The van der Waals surface area contributed by atoms with Gasteiger partial charge in [0.15, 0.2) is 11.5 Å². The van der Waals surface area contributed by atoms with Crippen molar-refractivity contribution in [1.29, 1.82) is 0 Å². The van der Waals surface area contributed by atoms with Gasteiger partial charge < -0.3 is 19.7 Å². The summed E-state index contributed by atoms with van der Waals surface area (Å²) in [5.74, 6) is 1.75. The van der Waals surface area contributed by atoms with Gasteiger partial charge in [0.25, 0.3) is 0 Å². The number of ether oxygens (including phenoxy) is 2. The van der Waals surface area contributed by atoms with Crippen molar-refractivity contribution >= 4 is 18.3 Å². The van der Waals surface area contributed by atoms with Crippen LogP contribution in [0.2, 0.25) is 0 Å². The molecule has 1 fully saturated rings. The molecule has 3 rings (SSSR count). The first-order valence-electron chi connectivity index (χ1n) is 7.13.